The maximum Gasteiger partial charge on any atom is 0.170 e. The SMILES string of the molecule is CC1CN(Cc2nnnn2-c2ccccc2)C(C)CO1. The van der Waals surface area contributed by atoms with Crippen LogP contribution in [0.15, 0.2) is 30.3 Å². The Bertz CT molecular complexity index is 556. The standard InChI is InChI=1S/C14H19N5O/c1-11-10-20-12(2)8-18(11)9-14-15-16-17-19(14)13-6-4-3-5-7-13/h3-7,11-12H,8-10H2,1-2H3. The first kappa shape index (κ1) is 13.2. The fourth-order valence-corrected chi connectivity index (χ4v) is 2.45. The van der Waals surface area contributed by atoms with Gasteiger partial charge in [0.25, 0.3) is 0 Å². The fraction of sp³-hybridized carbons (Fsp3) is 0.500. The van der Waals surface area contributed by atoms with Gasteiger partial charge in [-0.15, -0.1) is 5.10 Å². The second-order valence-corrected chi connectivity index (χ2v) is 5.26. The van der Waals surface area contributed by atoms with E-state index in [2.05, 4.69) is 34.3 Å². The number of ether oxygens (including phenoxy) is 1. The van der Waals surface area contributed by atoms with Crippen LogP contribution < -0.4 is 0 Å². The molecule has 0 radical (unpaired) electrons. The number of nitrogens with zero attached hydrogens (tertiary/aromatic N) is 5. The van der Waals surface area contributed by atoms with Crippen LogP contribution in [0.4, 0.5) is 0 Å². The van der Waals surface area contributed by atoms with E-state index in [0.29, 0.717) is 6.04 Å². The number of hydrogen-bond donors (Lipinski definition) is 0. The summed E-state index contributed by atoms with van der Waals surface area (Å²) < 4.78 is 7.45. The van der Waals surface area contributed by atoms with Crippen molar-refractivity contribution in [2.75, 3.05) is 13.2 Å². The van der Waals surface area contributed by atoms with E-state index < -0.39 is 0 Å². The summed E-state index contributed by atoms with van der Waals surface area (Å²) in [5.41, 5.74) is 0.987. The maximum atomic E-state index is 5.65. The van der Waals surface area contributed by atoms with Gasteiger partial charge in [0.05, 0.1) is 24.9 Å². The Morgan fingerprint density at radius 1 is 1.25 bits per heavy atom. The number of tetrazole rings is 1. The third-order valence-electron chi connectivity index (χ3n) is 3.62. The van der Waals surface area contributed by atoms with Crippen molar-refractivity contribution in [3.05, 3.63) is 36.2 Å². The molecule has 1 aromatic carbocycles. The van der Waals surface area contributed by atoms with Crippen LogP contribution in [0.1, 0.15) is 19.7 Å². The molecule has 3 rings (SSSR count). The van der Waals surface area contributed by atoms with Crippen LogP contribution in [0.2, 0.25) is 0 Å². The largest absolute Gasteiger partial charge is 0.376 e. The van der Waals surface area contributed by atoms with E-state index in [4.69, 9.17) is 4.74 Å². The van der Waals surface area contributed by atoms with Crippen molar-refractivity contribution in [3.63, 3.8) is 0 Å². The number of rotatable bonds is 3. The van der Waals surface area contributed by atoms with Gasteiger partial charge in [-0.3, -0.25) is 4.90 Å². The van der Waals surface area contributed by atoms with Gasteiger partial charge in [-0.25, -0.2) is 0 Å². The molecule has 0 spiro atoms. The highest BCUT2D eigenvalue weighted by molar-refractivity contribution is 5.30. The van der Waals surface area contributed by atoms with Crippen LogP contribution in [0, 0.1) is 0 Å². The number of benzene rings is 1. The van der Waals surface area contributed by atoms with Crippen molar-refractivity contribution in [1.29, 1.82) is 0 Å². The molecule has 2 atom stereocenters. The molecular formula is C14H19N5O. The smallest absolute Gasteiger partial charge is 0.170 e. The lowest BCUT2D eigenvalue weighted by Crippen LogP contribution is -2.47. The molecule has 2 aromatic rings. The van der Waals surface area contributed by atoms with E-state index in [0.717, 1.165) is 31.2 Å². The first-order valence-electron chi connectivity index (χ1n) is 6.92. The molecule has 1 aliphatic heterocycles. The Balaban J connectivity index is 1.80. The summed E-state index contributed by atoms with van der Waals surface area (Å²) in [5, 5.41) is 12.1. The van der Waals surface area contributed by atoms with Crippen molar-refractivity contribution < 1.29 is 4.74 Å². The molecule has 1 aromatic heterocycles. The predicted molar refractivity (Wildman–Crippen MR) is 74.4 cm³/mol. The minimum atomic E-state index is 0.257. The highest BCUT2D eigenvalue weighted by Gasteiger charge is 2.25. The lowest BCUT2D eigenvalue weighted by Gasteiger charge is -2.36. The normalized spacial score (nSPS) is 23.9. The molecule has 6 heteroatoms. The summed E-state index contributed by atoms with van der Waals surface area (Å²) in [6.45, 7) is 6.66. The molecule has 20 heavy (non-hydrogen) atoms. The van der Waals surface area contributed by atoms with Crippen molar-refractivity contribution in [3.8, 4) is 5.69 Å². The molecule has 1 fully saturated rings. The van der Waals surface area contributed by atoms with Gasteiger partial charge in [-0.1, -0.05) is 18.2 Å². The fourth-order valence-electron chi connectivity index (χ4n) is 2.45. The quantitative estimate of drug-likeness (QED) is 0.843. The molecule has 106 valence electrons. The van der Waals surface area contributed by atoms with Crippen LogP contribution >= 0.6 is 0 Å². The Morgan fingerprint density at radius 3 is 2.85 bits per heavy atom. The number of hydrogen-bond acceptors (Lipinski definition) is 5. The molecular weight excluding hydrogens is 254 g/mol. The molecule has 0 aliphatic carbocycles. The van der Waals surface area contributed by atoms with Gasteiger partial charge >= 0.3 is 0 Å². The zero-order chi connectivity index (χ0) is 13.9. The van der Waals surface area contributed by atoms with E-state index in [-0.39, 0.29) is 6.10 Å². The zero-order valence-corrected chi connectivity index (χ0v) is 11.8. The van der Waals surface area contributed by atoms with Gasteiger partial charge in [-0.05, 0) is 36.4 Å². The van der Waals surface area contributed by atoms with E-state index >= 15 is 0 Å². The molecule has 0 N–H and O–H groups in total. The van der Waals surface area contributed by atoms with E-state index in [1.165, 1.54) is 0 Å². The summed E-state index contributed by atoms with van der Waals surface area (Å²) >= 11 is 0. The molecule has 0 saturated carbocycles. The lowest BCUT2D eigenvalue weighted by molar-refractivity contribution is -0.0537. The van der Waals surface area contributed by atoms with Crippen molar-refractivity contribution in [2.45, 2.75) is 32.5 Å². The summed E-state index contributed by atoms with van der Waals surface area (Å²) in [6.07, 6.45) is 0.257. The number of aromatic nitrogens is 4. The molecule has 1 aliphatic rings. The highest BCUT2D eigenvalue weighted by Crippen LogP contribution is 2.15. The highest BCUT2D eigenvalue weighted by atomic mass is 16.5. The van der Waals surface area contributed by atoms with Crippen molar-refractivity contribution >= 4 is 0 Å². The average Bonchev–Trinajstić information content (AvgIpc) is 2.92. The van der Waals surface area contributed by atoms with E-state index in [1.54, 1.807) is 4.68 Å². The van der Waals surface area contributed by atoms with Crippen molar-refractivity contribution in [2.24, 2.45) is 0 Å². The topological polar surface area (TPSA) is 56.1 Å². The van der Waals surface area contributed by atoms with E-state index in [1.807, 2.05) is 30.3 Å². The summed E-state index contributed by atoms with van der Waals surface area (Å²) in [7, 11) is 0. The molecule has 0 bridgehead atoms. The summed E-state index contributed by atoms with van der Waals surface area (Å²) in [5.74, 6) is 0.858. The second kappa shape index (κ2) is 5.68. The lowest BCUT2D eigenvalue weighted by atomic mass is 10.2. The Morgan fingerprint density at radius 2 is 2.05 bits per heavy atom. The first-order chi connectivity index (χ1) is 9.74. The van der Waals surface area contributed by atoms with Gasteiger partial charge in [-0.2, -0.15) is 4.68 Å². The molecule has 2 unspecified atom stereocenters. The summed E-state index contributed by atoms with van der Waals surface area (Å²) in [6, 6.07) is 10.4. The van der Waals surface area contributed by atoms with Gasteiger partial charge in [0.1, 0.15) is 0 Å². The Kier molecular flexibility index (Phi) is 3.75. The first-order valence-corrected chi connectivity index (χ1v) is 6.92. The molecule has 0 amide bonds. The van der Waals surface area contributed by atoms with Gasteiger partial charge in [0, 0.05) is 12.6 Å². The second-order valence-electron chi connectivity index (χ2n) is 5.26. The number of morpholine rings is 1. The third kappa shape index (κ3) is 2.71. The van der Waals surface area contributed by atoms with Crippen molar-refractivity contribution in [1.82, 2.24) is 25.1 Å². The van der Waals surface area contributed by atoms with Gasteiger partial charge in [0.2, 0.25) is 0 Å². The monoisotopic (exact) mass is 273 g/mol. The van der Waals surface area contributed by atoms with Crippen LogP contribution in [0.25, 0.3) is 5.69 Å². The summed E-state index contributed by atoms with van der Waals surface area (Å²) in [4.78, 5) is 2.36. The minimum Gasteiger partial charge on any atom is -0.376 e. The Hall–Kier alpha value is -1.79. The average molecular weight is 273 g/mol. The minimum absolute atomic E-state index is 0.257. The van der Waals surface area contributed by atoms with E-state index in [9.17, 15) is 0 Å². The van der Waals surface area contributed by atoms with Crippen LogP contribution in [0.5, 0.6) is 0 Å². The Labute approximate surface area is 118 Å². The molecule has 1 saturated heterocycles. The molecule has 2 heterocycles. The van der Waals surface area contributed by atoms with Crippen LogP contribution in [-0.2, 0) is 11.3 Å². The van der Waals surface area contributed by atoms with Gasteiger partial charge in [0.15, 0.2) is 5.82 Å². The maximum absolute atomic E-state index is 5.65. The third-order valence-corrected chi connectivity index (χ3v) is 3.62. The van der Waals surface area contributed by atoms with Crippen LogP contribution in [0.3, 0.4) is 0 Å². The predicted octanol–water partition coefficient (Wildman–Crippen LogP) is 1.27. The molecule has 6 nitrogen and oxygen atoms in total. The van der Waals surface area contributed by atoms with Gasteiger partial charge < -0.3 is 4.74 Å². The number of para-hydroxylation sites is 1. The van der Waals surface area contributed by atoms with Crippen LogP contribution in [-0.4, -0.2) is 50.4 Å². The zero-order valence-electron chi connectivity index (χ0n) is 11.8.